The minimum Gasteiger partial charge on any atom is -0.496 e. The first-order valence-electron chi connectivity index (χ1n) is 10.7. The van der Waals surface area contributed by atoms with Gasteiger partial charge in [-0.15, -0.1) is 0 Å². The molecule has 2 N–H and O–H groups in total. The number of para-hydroxylation sites is 1. The van der Waals surface area contributed by atoms with Gasteiger partial charge in [-0.05, 0) is 30.5 Å². The number of allylic oxidation sites excluding steroid dienone is 2. The molecule has 0 fully saturated rings. The van der Waals surface area contributed by atoms with E-state index in [1.165, 1.54) is 17.8 Å². The lowest BCUT2D eigenvalue weighted by Gasteiger charge is -2.33. The number of nitrogens with zero attached hydrogens (tertiary/aromatic N) is 1. The molecule has 168 valence electrons. The van der Waals surface area contributed by atoms with Crippen LogP contribution in [0.15, 0.2) is 69.8 Å². The second-order valence-corrected chi connectivity index (χ2v) is 8.95. The van der Waals surface area contributed by atoms with Crippen LogP contribution in [0.1, 0.15) is 41.9 Å². The summed E-state index contributed by atoms with van der Waals surface area (Å²) in [6, 6.07) is 14.0. The standard InChI is InChI=1S/C25H22FN3O3S/c1-32-19-12-5-3-8-15(19)20-21-17(10-6-11-18(21)30)27-23-22(20)24(31)29-25(28-23)33-13-14-7-2-4-9-16(14)26/h2-5,7-9,12,20H,6,10-11,13H2,1H3,(H2,27,28,29,31)/t20-/m1/s1. The largest absolute Gasteiger partial charge is 0.496 e. The maximum absolute atomic E-state index is 14.0. The third-order valence-corrected chi connectivity index (χ3v) is 6.93. The number of methoxy groups -OCH3 is 1. The quantitative estimate of drug-likeness (QED) is 0.419. The van der Waals surface area contributed by atoms with E-state index in [4.69, 9.17) is 4.74 Å². The predicted octanol–water partition coefficient (Wildman–Crippen LogP) is 4.77. The Balaban J connectivity index is 1.59. The molecular formula is C25H22FN3O3S. The second-order valence-electron chi connectivity index (χ2n) is 7.98. The van der Waals surface area contributed by atoms with Gasteiger partial charge in [-0.25, -0.2) is 9.37 Å². The number of nitrogens with one attached hydrogen (secondary N) is 2. The van der Waals surface area contributed by atoms with Gasteiger partial charge in [0.2, 0.25) is 0 Å². The van der Waals surface area contributed by atoms with Crippen molar-refractivity contribution < 1.29 is 13.9 Å². The molecule has 2 aromatic carbocycles. The number of aromatic amines is 1. The number of hydrogen-bond acceptors (Lipinski definition) is 6. The molecule has 8 heteroatoms. The van der Waals surface area contributed by atoms with E-state index in [1.54, 1.807) is 25.3 Å². The summed E-state index contributed by atoms with van der Waals surface area (Å²) in [6.07, 6.45) is 1.90. The molecule has 2 aliphatic rings. The number of fused-ring (bicyclic) bond motifs is 1. The van der Waals surface area contributed by atoms with Crippen molar-refractivity contribution in [1.29, 1.82) is 0 Å². The maximum Gasteiger partial charge on any atom is 0.257 e. The number of Topliss-reactive ketones (excluding diaryl/α,β-unsaturated/α-hetero) is 1. The van der Waals surface area contributed by atoms with Gasteiger partial charge in [0.25, 0.3) is 5.56 Å². The Labute approximate surface area is 194 Å². The SMILES string of the molecule is COc1ccccc1[C@@H]1C2=C(CCCC2=O)Nc2nc(SCc3ccccc3F)[nH]c(=O)c21. The predicted molar refractivity (Wildman–Crippen MR) is 125 cm³/mol. The van der Waals surface area contributed by atoms with Crippen molar-refractivity contribution in [2.24, 2.45) is 0 Å². The Kier molecular flexibility index (Phi) is 5.76. The number of carbonyl (C=O) groups is 1. The summed E-state index contributed by atoms with van der Waals surface area (Å²) < 4.78 is 19.6. The van der Waals surface area contributed by atoms with Crippen LogP contribution in [-0.4, -0.2) is 22.9 Å². The van der Waals surface area contributed by atoms with Crippen LogP contribution in [0.2, 0.25) is 0 Å². The van der Waals surface area contributed by atoms with Crippen LogP contribution in [0.25, 0.3) is 0 Å². The lowest BCUT2D eigenvalue weighted by molar-refractivity contribution is -0.116. The lowest BCUT2D eigenvalue weighted by Crippen LogP contribution is -2.32. The van der Waals surface area contributed by atoms with Crippen LogP contribution in [0.4, 0.5) is 10.2 Å². The third kappa shape index (κ3) is 3.95. The summed E-state index contributed by atoms with van der Waals surface area (Å²) >= 11 is 1.25. The average molecular weight is 464 g/mol. The molecular weight excluding hydrogens is 441 g/mol. The van der Waals surface area contributed by atoms with Gasteiger partial charge >= 0.3 is 0 Å². The van der Waals surface area contributed by atoms with E-state index in [1.807, 2.05) is 24.3 Å². The molecule has 0 amide bonds. The van der Waals surface area contributed by atoms with Gasteiger partial charge in [0.15, 0.2) is 10.9 Å². The van der Waals surface area contributed by atoms with Gasteiger partial charge in [0.05, 0.1) is 18.6 Å². The number of carbonyl (C=O) groups excluding carboxylic acids is 1. The van der Waals surface area contributed by atoms with Crippen molar-refractivity contribution >= 4 is 23.4 Å². The summed E-state index contributed by atoms with van der Waals surface area (Å²) in [5.74, 6) is 0.536. The van der Waals surface area contributed by atoms with Gasteiger partial charge in [0, 0.05) is 29.0 Å². The number of H-pyrrole nitrogens is 1. The highest BCUT2D eigenvalue weighted by Crippen LogP contribution is 2.45. The van der Waals surface area contributed by atoms with Crippen molar-refractivity contribution in [3.05, 3.63) is 92.7 Å². The number of halogens is 1. The minimum absolute atomic E-state index is 0.0303. The van der Waals surface area contributed by atoms with Crippen LogP contribution in [0, 0.1) is 5.82 Å². The molecule has 6 nitrogen and oxygen atoms in total. The highest BCUT2D eigenvalue weighted by molar-refractivity contribution is 7.98. The third-order valence-electron chi connectivity index (χ3n) is 6.01. The minimum atomic E-state index is -0.568. The van der Waals surface area contributed by atoms with Gasteiger partial charge in [-0.2, -0.15) is 0 Å². The van der Waals surface area contributed by atoms with E-state index in [0.717, 1.165) is 17.7 Å². The zero-order valence-corrected chi connectivity index (χ0v) is 18.8. The van der Waals surface area contributed by atoms with E-state index in [2.05, 4.69) is 15.3 Å². The normalized spacial score (nSPS) is 17.3. The van der Waals surface area contributed by atoms with Gasteiger partial charge in [-0.1, -0.05) is 48.2 Å². The molecule has 5 rings (SSSR count). The molecule has 3 aromatic rings. The van der Waals surface area contributed by atoms with Crippen molar-refractivity contribution in [2.45, 2.75) is 36.1 Å². The molecule has 0 saturated carbocycles. The number of thioether (sulfide) groups is 1. The van der Waals surface area contributed by atoms with E-state index in [-0.39, 0.29) is 17.2 Å². The number of anilines is 1. The van der Waals surface area contributed by atoms with Gasteiger partial charge < -0.3 is 15.0 Å². The summed E-state index contributed by atoms with van der Waals surface area (Å²) in [4.78, 5) is 33.8. The molecule has 33 heavy (non-hydrogen) atoms. The zero-order valence-electron chi connectivity index (χ0n) is 18.0. The van der Waals surface area contributed by atoms with Crippen LogP contribution in [0.5, 0.6) is 5.75 Å². The molecule has 1 atom stereocenters. The molecule has 0 saturated heterocycles. The first-order chi connectivity index (χ1) is 16.1. The summed E-state index contributed by atoms with van der Waals surface area (Å²) in [7, 11) is 1.57. The van der Waals surface area contributed by atoms with Crippen molar-refractivity contribution in [3.8, 4) is 5.75 Å². The van der Waals surface area contributed by atoms with Crippen LogP contribution < -0.4 is 15.6 Å². The molecule has 0 unspecified atom stereocenters. The lowest BCUT2D eigenvalue weighted by atomic mass is 9.76. The van der Waals surface area contributed by atoms with E-state index in [0.29, 0.717) is 52.0 Å². The van der Waals surface area contributed by atoms with Crippen molar-refractivity contribution in [2.75, 3.05) is 12.4 Å². The topological polar surface area (TPSA) is 84.1 Å². The van der Waals surface area contributed by atoms with E-state index >= 15 is 0 Å². The molecule has 1 aliphatic carbocycles. The zero-order chi connectivity index (χ0) is 22.9. The molecule has 1 aliphatic heterocycles. The van der Waals surface area contributed by atoms with Gasteiger partial charge in [0.1, 0.15) is 17.4 Å². The van der Waals surface area contributed by atoms with Crippen molar-refractivity contribution in [1.82, 2.24) is 9.97 Å². The monoisotopic (exact) mass is 463 g/mol. The Bertz CT molecular complexity index is 1330. The maximum atomic E-state index is 14.0. The van der Waals surface area contributed by atoms with E-state index < -0.39 is 5.92 Å². The average Bonchev–Trinajstić information content (AvgIpc) is 2.82. The Morgan fingerprint density at radius 1 is 1.12 bits per heavy atom. The van der Waals surface area contributed by atoms with Crippen molar-refractivity contribution in [3.63, 3.8) is 0 Å². The highest BCUT2D eigenvalue weighted by Gasteiger charge is 2.39. The van der Waals surface area contributed by atoms with E-state index in [9.17, 15) is 14.0 Å². The first-order valence-corrected chi connectivity index (χ1v) is 11.7. The summed E-state index contributed by atoms with van der Waals surface area (Å²) in [5.41, 5.74) is 2.76. The Morgan fingerprint density at radius 2 is 1.91 bits per heavy atom. The molecule has 0 radical (unpaired) electrons. The van der Waals surface area contributed by atoms with Crippen LogP contribution in [-0.2, 0) is 10.5 Å². The number of aromatic nitrogens is 2. The number of hydrogen-bond donors (Lipinski definition) is 2. The summed E-state index contributed by atoms with van der Waals surface area (Å²) in [5, 5.41) is 3.65. The number of ketones is 1. The molecule has 0 bridgehead atoms. The molecule has 1 aromatic heterocycles. The second kappa shape index (κ2) is 8.86. The van der Waals surface area contributed by atoms with Crippen LogP contribution in [0.3, 0.4) is 0 Å². The van der Waals surface area contributed by atoms with Gasteiger partial charge in [-0.3, -0.25) is 9.59 Å². The fourth-order valence-corrected chi connectivity index (χ4v) is 5.33. The first kappa shape index (κ1) is 21.5. The number of rotatable bonds is 5. The highest BCUT2D eigenvalue weighted by atomic mass is 32.2. The molecule has 2 heterocycles. The molecule has 0 spiro atoms. The fourth-order valence-electron chi connectivity index (χ4n) is 4.49. The summed E-state index contributed by atoms with van der Waals surface area (Å²) in [6.45, 7) is 0. The Hall–Kier alpha value is -3.39. The number of ether oxygens (including phenoxy) is 1. The smallest absolute Gasteiger partial charge is 0.257 e. The Morgan fingerprint density at radius 3 is 2.73 bits per heavy atom. The fraction of sp³-hybridized carbons (Fsp3) is 0.240. The van der Waals surface area contributed by atoms with Crippen LogP contribution >= 0.6 is 11.8 Å². The number of benzene rings is 2.